The third-order valence-electron chi connectivity index (χ3n) is 7.64. The summed E-state index contributed by atoms with van der Waals surface area (Å²) in [5.41, 5.74) is 3.28. The lowest BCUT2D eigenvalue weighted by Crippen LogP contribution is -2.48. The van der Waals surface area contributed by atoms with Gasteiger partial charge in [0.1, 0.15) is 22.6 Å². The number of furan rings is 1. The van der Waals surface area contributed by atoms with Crippen molar-refractivity contribution in [1.82, 2.24) is 19.8 Å². The Hall–Kier alpha value is -3.85. The minimum Gasteiger partial charge on any atom is -0.460 e. The summed E-state index contributed by atoms with van der Waals surface area (Å²) in [4.78, 5) is 27.8. The van der Waals surface area contributed by atoms with Crippen molar-refractivity contribution in [3.63, 3.8) is 0 Å². The lowest BCUT2D eigenvalue weighted by molar-refractivity contribution is -0.0607. The van der Waals surface area contributed by atoms with Crippen LogP contribution in [0.25, 0.3) is 16.5 Å². The Kier molecular flexibility index (Phi) is 5.87. The van der Waals surface area contributed by atoms with Crippen molar-refractivity contribution < 1.29 is 23.5 Å². The Bertz CT molecular complexity index is 1520. The number of aryl methyl sites for hydroxylation is 2. The van der Waals surface area contributed by atoms with Crippen molar-refractivity contribution in [3.8, 4) is 11.5 Å². The van der Waals surface area contributed by atoms with Crippen LogP contribution < -0.4 is 10.1 Å². The SMILES string of the molecule is CNC(=O)c1c(C)oc2cc(Oc3ccnn4cc(C(=O)N5CC[C@H]6OCCC[C@H]6C5)c(C)c34)ccc12. The predicted octanol–water partition coefficient (Wildman–Crippen LogP) is 4.49. The zero-order chi connectivity index (χ0) is 25.7. The molecule has 9 nitrogen and oxygen atoms in total. The zero-order valence-corrected chi connectivity index (χ0v) is 21.2. The lowest BCUT2D eigenvalue weighted by atomic mass is 9.88. The van der Waals surface area contributed by atoms with Gasteiger partial charge in [0.2, 0.25) is 0 Å². The molecule has 192 valence electrons. The molecule has 0 spiro atoms. The van der Waals surface area contributed by atoms with Gasteiger partial charge in [-0.05, 0) is 50.8 Å². The summed E-state index contributed by atoms with van der Waals surface area (Å²) >= 11 is 0. The minimum atomic E-state index is -0.193. The number of fused-ring (bicyclic) bond motifs is 3. The maximum atomic E-state index is 13.6. The van der Waals surface area contributed by atoms with Crippen LogP contribution in [0.15, 0.2) is 41.1 Å². The Morgan fingerprint density at radius 2 is 2.05 bits per heavy atom. The van der Waals surface area contributed by atoms with Gasteiger partial charge in [-0.1, -0.05) is 0 Å². The number of benzene rings is 1. The van der Waals surface area contributed by atoms with E-state index in [0.29, 0.717) is 46.4 Å². The van der Waals surface area contributed by atoms with Gasteiger partial charge in [-0.2, -0.15) is 5.10 Å². The quantitative estimate of drug-likeness (QED) is 0.442. The van der Waals surface area contributed by atoms with E-state index in [4.69, 9.17) is 13.9 Å². The van der Waals surface area contributed by atoms with E-state index in [0.717, 1.165) is 48.9 Å². The number of likely N-dealkylation sites (tertiary alicyclic amines) is 1. The number of amides is 2. The second kappa shape index (κ2) is 9.23. The number of rotatable bonds is 4. The van der Waals surface area contributed by atoms with Crippen LogP contribution in [0.5, 0.6) is 11.5 Å². The summed E-state index contributed by atoms with van der Waals surface area (Å²) in [5.74, 6) is 1.93. The number of carbonyl (C=O) groups excluding carboxylic acids is 2. The van der Waals surface area contributed by atoms with Crippen LogP contribution in [0.2, 0.25) is 0 Å². The number of carbonyl (C=O) groups is 2. The van der Waals surface area contributed by atoms with Gasteiger partial charge in [0.25, 0.3) is 11.8 Å². The average Bonchev–Trinajstić information content (AvgIpc) is 3.43. The van der Waals surface area contributed by atoms with E-state index in [9.17, 15) is 9.59 Å². The second-order valence-corrected chi connectivity index (χ2v) is 9.88. The molecule has 37 heavy (non-hydrogen) atoms. The molecular formula is C28H30N4O5. The maximum absolute atomic E-state index is 13.6. The lowest BCUT2D eigenvalue weighted by Gasteiger charge is -2.41. The molecule has 1 aromatic carbocycles. The van der Waals surface area contributed by atoms with Crippen LogP contribution in [-0.2, 0) is 4.74 Å². The third kappa shape index (κ3) is 4.03. The minimum absolute atomic E-state index is 0.0205. The molecule has 0 radical (unpaired) electrons. The molecule has 2 fully saturated rings. The summed E-state index contributed by atoms with van der Waals surface area (Å²) in [6.45, 7) is 5.96. The topological polar surface area (TPSA) is 98.3 Å². The van der Waals surface area contributed by atoms with E-state index in [2.05, 4.69) is 10.4 Å². The average molecular weight is 503 g/mol. The standard InChI is InChI=1S/C28H30N4O5/c1-16-21(28(34)31-11-9-22-18(14-31)5-4-12-35-22)15-32-26(16)23(8-10-30-32)37-19-6-7-20-24(13-19)36-17(2)25(20)27(33)29-3/h6-8,10,13,15,18,22H,4-5,9,11-12,14H2,1-3H3,(H,29,33)/t18-,22+/m0/s1. The molecule has 0 aliphatic carbocycles. The van der Waals surface area contributed by atoms with E-state index in [1.165, 1.54) is 0 Å². The molecule has 4 aromatic rings. The van der Waals surface area contributed by atoms with Gasteiger partial charge < -0.3 is 24.1 Å². The number of ether oxygens (including phenoxy) is 2. The number of hydrogen-bond acceptors (Lipinski definition) is 6. The molecule has 0 saturated carbocycles. The highest BCUT2D eigenvalue weighted by Crippen LogP contribution is 2.35. The fourth-order valence-electron chi connectivity index (χ4n) is 5.76. The van der Waals surface area contributed by atoms with Gasteiger partial charge in [0.15, 0.2) is 5.75 Å². The van der Waals surface area contributed by atoms with E-state index in [1.54, 1.807) is 49.1 Å². The van der Waals surface area contributed by atoms with E-state index < -0.39 is 0 Å². The van der Waals surface area contributed by atoms with Gasteiger partial charge in [-0.3, -0.25) is 9.59 Å². The first kappa shape index (κ1) is 23.5. The molecular weight excluding hydrogens is 472 g/mol. The van der Waals surface area contributed by atoms with Gasteiger partial charge >= 0.3 is 0 Å². The third-order valence-corrected chi connectivity index (χ3v) is 7.64. The van der Waals surface area contributed by atoms with Crippen LogP contribution in [0.1, 0.15) is 51.3 Å². The molecule has 1 N–H and O–H groups in total. The summed E-state index contributed by atoms with van der Waals surface area (Å²) in [6.07, 6.45) is 6.76. The first-order valence-corrected chi connectivity index (χ1v) is 12.8. The second-order valence-electron chi connectivity index (χ2n) is 9.88. The van der Waals surface area contributed by atoms with Crippen molar-refractivity contribution in [1.29, 1.82) is 0 Å². The van der Waals surface area contributed by atoms with E-state index in [-0.39, 0.29) is 17.9 Å². The summed E-state index contributed by atoms with van der Waals surface area (Å²) in [5, 5.41) is 7.81. The normalized spacial score (nSPS) is 19.7. The predicted molar refractivity (Wildman–Crippen MR) is 137 cm³/mol. The van der Waals surface area contributed by atoms with E-state index >= 15 is 0 Å². The highest BCUT2D eigenvalue weighted by atomic mass is 16.5. The molecule has 2 atom stereocenters. The van der Waals surface area contributed by atoms with Crippen LogP contribution in [0.3, 0.4) is 0 Å². The highest BCUT2D eigenvalue weighted by Gasteiger charge is 2.35. The maximum Gasteiger partial charge on any atom is 0.255 e. The Balaban J connectivity index is 1.29. The van der Waals surface area contributed by atoms with Crippen molar-refractivity contribution in [2.45, 2.75) is 39.2 Å². The monoisotopic (exact) mass is 502 g/mol. The van der Waals surface area contributed by atoms with Gasteiger partial charge in [0, 0.05) is 56.4 Å². The molecule has 5 heterocycles. The Labute approximate surface area is 214 Å². The molecule has 2 aliphatic heterocycles. The van der Waals surface area contributed by atoms with Crippen molar-refractivity contribution in [2.24, 2.45) is 5.92 Å². The van der Waals surface area contributed by atoms with Gasteiger partial charge in [-0.25, -0.2) is 4.52 Å². The first-order valence-electron chi connectivity index (χ1n) is 12.8. The molecule has 9 heteroatoms. The number of nitrogens with one attached hydrogen (secondary N) is 1. The van der Waals surface area contributed by atoms with Crippen molar-refractivity contribution in [2.75, 3.05) is 26.7 Å². The van der Waals surface area contributed by atoms with Crippen LogP contribution in [0, 0.1) is 19.8 Å². The molecule has 2 saturated heterocycles. The first-order chi connectivity index (χ1) is 17.9. The van der Waals surface area contributed by atoms with Crippen molar-refractivity contribution >= 4 is 28.3 Å². The highest BCUT2D eigenvalue weighted by molar-refractivity contribution is 6.07. The summed E-state index contributed by atoms with van der Waals surface area (Å²) in [6, 6.07) is 7.19. The number of hydrogen-bond donors (Lipinski definition) is 1. The number of aromatic nitrogens is 2. The molecule has 0 unspecified atom stereocenters. The Morgan fingerprint density at radius 1 is 1.19 bits per heavy atom. The fraction of sp³-hybridized carbons (Fsp3) is 0.393. The van der Waals surface area contributed by atoms with E-state index in [1.807, 2.05) is 17.9 Å². The molecule has 3 aromatic heterocycles. The zero-order valence-electron chi connectivity index (χ0n) is 21.2. The van der Waals surface area contributed by atoms with Crippen LogP contribution in [-0.4, -0.2) is 59.2 Å². The van der Waals surface area contributed by atoms with Crippen LogP contribution >= 0.6 is 0 Å². The van der Waals surface area contributed by atoms with Crippen LogP contribution in [0.4, 0.5) is 0 Å². The molecule has 0 bridgehead atoms. The summed E-state index contributed by atoms with van der Waals surface area (Å²) in [7, 11) is 1.60. The fourth-order valence-corrected chi connectivity index (χ4v) is 5.76. The van der Waals surface area contributed by atoms with Gasteiger partial charge in [-0.15, -0.1) is 0 Å². The van der Waals surface area contributed by atoms with Gasteiger partial charge in [0.05, 0.1) is 23.4 Å². The largest absolute Gasteiger partial charge is 0.460 e. The summed E-state index contributed by atoms with van der Waals surface area (Å²) < 4.78 is 19.7. The number of piperidine rings is 1. The Morgan fingerprint density at radius 3 is 2.89 bits per heavy atom. The molecule has 2 aliphatic rings. The molecule has 2 amide bonds. The number of nitrogens with zero attached hydrogens (tertiary/aromatic N) is 3. The molecule has 6 rings (SSSR count). The smallest absolute Gasteiger partial charge is 0.255 e. The van der Waals surface area contributed by atoms with Crippen molar-refractivity contribution in [3.05, 3.63) is 59.1 Å².